The lowest BCUT2D eigenvalue weighted by Gasteiger charge is -2.00. The second-order valence-electron chi connectivity index (χ2n) is 3.76. The summed E-state index contributed by atoms with van der Waals surface area (Å²) in [5.74, 6) is -0.171. The molecule has 2 rings (SSSR count). The fourth-order valence-electron chi connectivity index (χ4n) is 1.58. The molecular formula is C12H10Cl3NOS. The Morgan fingerprint density at radius 3 is 2.72 bits per heavy atom. The molecule has 0 radical (unpaired) electrons. The molecule has 0 aliphatic rings. The van der Waals surface area contributed by atoms with Crippen LogP contribution in [0, 0.1) is 0 Å². The topological polar surface area (TPSA) is 29.1 Å². The zero-order valence-electron chi connectivity index (χ0n) is 9.52. The van der Waals surface area contributed by atoms with Crippen molar-refractivity contribution in [3.05, 3.63) is 32.1 Å². The van der Waals surface area contributed by atoms with Gasteiger partial charge in [0.2, 0.25) is 0 Å². The van der Waals surface area contributed by atoms with Gasteiger partial charge in [0, 0.05) is 21.7 Å². The Morgan fingerprint density at radius 1 is 1.33 bits per heavy atom. The van der Waals surface area contributed by atoms with E-state index in [9.17, 15) is 4.79 Å². The number of amides is 1. The summed E-state index contributed by atoms with van der Waals surface area (Å²) in [6.07, 6.45) is 0.876. The number of carbonyl (C=O) groups excluding carboxylic acids is 1. The largest absolute Gasteiger partial charge is 0.351 e. The highest BCUT2D eigenvalue weighted by molar-refractivity contribution is 7.21. The van der Waals surface area contributed by atoms with E-state index in [-0.39, 0.29) is 5.91 Å². The van der Waals surface area contributed by atoms with Crippen LogP contribution in [0.1, 0.15) is 23.0 Å². The summed E-state index contributed by atoms with van der Waals surface area (Å²) < 4.78 is 0.819. The van der Waals surface area contributed by atoms with Gasteiger partial charge in [0.05, 0.1) is 10.0 Å². The highest BCUT2D eigenvalue weighted by Crippen LogP contribution is 2.41. The fraction of sp³-hybridized carbons (Fsp3) is 0.250. The average Bonchev–Trinajstić information content (AvgIpc) is 2.63. The minimum Gasteiger partial charge on any atom is -0.351 e. The van der Waals surface area contributed by atoms with Crippen LogP contribution in [0.5, 0.6) is 0 Å². The van der Waals surface area contributed by atoms with Crippen LogP contribution in [-0.2, 0) is 0 Å². The third-order valence-electron chi connectivity index (χ3n) is 2.39. The third-order valence-corrected chi connectivity index (χ3v) is 4.53. The minimum atomic E-state index is -0.171. The number of carbonyl (C=O) groups is 1. The van der Waals surface area contributed by atoms with E-state index in [0.717, 1.165) is 11.1 Å². The van der Waals surface area contributed by atoms with Gasteiger partial charge in [-0.1, -0.05) is 41.7 Å². The molecule has 1 N–H and O–H groups in total. The Morgan fingerprint density at radius 2 is 2.06 bits per heavy atom. The van der Waals surface area contributed by atoms with E-state index >= 15 is 0 Å². The van der Waals surface area contributed by atoms with E-state index in [1.54, 1.807) is 12.1 Å². The summed E-state index contributed by atoms with van der Waals surface area (Å²) in [7, 11) is 0. The van der Waals surface area contributed by atoms with Crippen molar-refractivity contribution in [1.82, 2.24) is 5.32 Å². The van der Waals surface area contributed by atoms with E-state index in [4.69, 9.17) is 34.8 Å². The maximum Gasteiger partial charge on any atom is 0.262 e. The van der Waals surface area contributed by atoms with Crippen LogP contribution < -0.4 is 5.32 Å². The van der Waals surface area contributed by atoms with Gasteiger partial charge in [0.25, 0.3) is 5.91 Å². The Bertz CT molecular complexity index is 609. The van der Waals surface area contributed by atoms with Gasteiger partial charge < -0.3 is 5.32 Å². The molecule has 0 spiro atoms. The Hall–Kier alpha value is -0.480. The molecule has 1 heterocycles. The lowest BCUT2D eigenvalue weighted by Crippen LogP contribution is -2.23. The molecule has 96 valence electrons. The molecule has 0 atom stereocenters. The normalized spacial score (nSPS) is 10.9. The van der Waals surface area contributed by atoms with Gasteiger partial charge in [-0.25, -0.2) is 0 Å². The lowest BCUT2D eigenvalue weighted by molar-refractivity contribution is 0.0958. The number of hydrogen-bond donors (Lipinski definition) is 1. The van der Waals surface area contributed by atoms with E-state index in [1.807, 2.05) is 6.92 Å². The Balaban J connectivity index is 2.50. The molecule has 18 heavy (non-hydrogen) atoms. The van der Waals surface area contributed by atoms with Crippen molar-refractivity contribution in [2.75, 3.05) is 6.54 Å². The van der Waals surface area contributed by atoms with Crippen molar-refractivity contribution in [3.63, 3.8) is 0 Å². The fourth-order valence-corrected chi connectivity index (χ4v) is 3.87. The predicted octanol–water partition coefficient (Wildman–Crippen LogP) is 5.00. The number of nitrogens with one attached hydrogen (secondary N) is 1. The molecule has 0 saturated heterocycles. The number of rotatable bonds is 3. The molecule has 0 aliphatic carbocycles. The monoisotopic (exact) mass is 321 g/mol. The van der Waals surface area contributed by atoms with Crippen molar-refractivity contribution in [2.24, 2.45) is 0 Å². The standard InChI is InChI=1S/C12H10Cl3NOS/c1-2-3-16-12(17)11-10(15)9-7(14)4-6(13)5-8(9)18-11/h4-5H,2-3H2,1H3,(H,16,17). The third kappa shape index (κ3) is 2.59. The number of fused-ring (bicyclic) bond motifs is 1. The maximum atomic E-state index is 11.9. The van der Waals surface area contributed by atoms with Crippen molar-refractivity contribution >= 4 is 62.1 Å². The second-order valence-corrected chi connectivity index (χ2v) is 6.04. The summed E-state index contributed by atoms with van der Waals surface area (Å²) >= 11 is 19.5. The van der Waals surface area contributed by atoms with E-state index in [2.05, 4.69) is 5.32 Å². The number of hydrogen-bond acceptors (Lipinski definition) is 2. The summed E-state index contributed by atoms with van der Waals surface area (Å²) in [6, 6.07) is 3.38. The SMILES string of the molecule is CCCNC(=O)c1sc2cc(Cl)cc(Cl)c2c1Cl. The number of benzene rings is 1. The van der Waals surface area contributed by atoms with Gasteiger partial charge in [0.15, 0.2) is 0 Å². The van der Waals surface area contributed by atoms with Gasteiger partial charge in [-0.05, 0) is 18.6 Å². The molecule has 1 aromatic heterocycles. The molecule has 0 aliphatic heterocycles. The first kappa shape index (κ1) is 13.9. The van der Waals surface area contributed by atoms with Gasteiger partial charge in [-0.15, -0.1) is 11.3 Å². The molecule has 0 saturated carbocycles. The van der Waals surface area contributed by atoms with Crippen LogP contribution in [0.4, 0.5) is 0 Å². The van der Waals surface area contributed by atoms with Crippen LogP contribution in [0.2, 0.25) is 15.1 Å². The molecule has 1 amide bonds. The van der Waals surface area contributed by atoms with Gasteiger partial charge >= 0.3 is 0 Å². The quantitative estimate of drug-likeness (QED) is 0.846. The van der Waals surface area contributed by atoms with Crippen molar-refractivity contribution < 1.29 is 4.79 Å². The smallest absolute Gasteiger partial charge is 0.262 e. The van der Waals surface area contributed by atoms with Gasteiger partial charge in [-0.3, -0.25) is 4.79 Å². The predicted molar refractivity (Wildman–Crippen MR) is 79.5 cm³/mol. The maximum absolute atomic E-state index is 11.9. The Kier molecular flexibility index (Phi) is 4.38. The van der Waals surface area contributed by atoms with Crippen molar-refractivity contribution in [1.29, 1.82) is 0 Å². The summed E-state index contributed by atoms with van der Waals surface area (Å²) in [6.45, 7) is 2.61. The minimum absolute atomic E-state index is 0.171. The van der Waals surface area contributed by atoms with Crippen LogP contribution in [-0.4, -0.2) is 12.5 Å². The molecule has 0 unspecified atom stereocenters. The number of thiophene rings is 1. The van der Waals surface area contributed by atoms with Crippen molar-refractivity contribution in [2.45, 2.75) is 13.3 Å². The molecule has 0 bridgehead atoms. The first-order valence-corrected chi connectivity index (χ1v) is 7.35. The molecule has 2 aromatic rings. The van der Waals surface area contributed by atoms with E-state index in [1.165, 1.54) is 11.3 Å². The van der Waals surface area contributed by atoms with Crippen LogP contribution in [0.3, 0.4) is 0 Å². The highest BCUT2D eigenvalue weighted by Gasteiger charge is 2.19. The molecule has 6 heteroatoms. The summed E-state index contributed by atoms with van der Waals surface area (Å²) in [5.41, 5.74) is 0. The van der Waals surface area contributed by atoms with Gasteiger partial charge in [-0.2, -0.15) is 0 Å². The zero-order valence-corrected chi connectivity index (χ0v) is 12.6. The molecular weight excluding hydrogens is 313 g/mol. The average molecular weight is 323 g/mol. The summed E-state index contributed by atoms with van der Waals surface area (Å²) in [5, 5.41) is 4.88. The lowest BCUT2D eigenvalue weighted by atomic mass is 10.2. The van der Waals surface area contributed by atoms with Crippen molar-refractivity contribution in [3.8, 4) is 0 Å². The Labute approximate surface area is 124 Å². The molecule has 1 aromatic carbocycles. The van der Waals surface area contributed by atoms with E-state index < -0.39 is 0 Å². The molecule has 0 fully saturated rings. The van der Waals surface area contributed by atoms with Crippen LogP contribution >= 0.6 is 46.1 Å². The zero-order chi connectivity index (χ0) is 13.3. The summed E-state index contributed by atoms with van der Waals surface area (Å²) in [4.78, 5) is 12.4. The first-order chi connectivity index (χ1) is 8.54. The van der Waals surface area contributed by atoms with Crippen LogP contribution in [0.15, 0.2) is 12.1 Å². The molecule has 2 nitrogen and oxygen atoms in total. The first-order valence-electron chi connectivity index (χ1n) is 5.39. The highest BCUT2D eigenvalue weighted by atomic mass is 35.5. The second kappa shape index (κ2) is 5.66. The van der Waals surface area contributed by atoms with E-state index in [0.29, 0.717) is 31.9 Å². The number of halogens is 3. The van der Waals surface area contributed by atoms with Gasteiger partial charge in [0.1, 0.15) is 4.88 Å². The van der Waals surface area contributed by atoms with Crippen LogP contribution in [0.25, 0.3) is 10.1 Å².